The number of hydrogen-bond donors (Lipinski definition) is 1. The van der Waals surface area contributed by atoms with Crippen molar-refractivity contribution in [3.8, 4) is 0 Å². The summed E-state index contributed by atoms with van der Waals surface area (Å²) < 4.78 is 0. The van der Waals surface area contributed by atoms with Crippen molar-refractivity contribution < 1.29 is 0 Å². The van der Waals surface area contributed by atoms with Gasteiger partial charge in [0.25, 0.3) is 0 Å². The van der Waals surface area contributed by atoms with Gasteiger partial charge in [-0.3, -0.25) is 0 Å². The predicted octanol–water partition coefficient (Wildman–Crippen LogP) is 3.83. The van der Waals surface area contributed by atoms with E-state index < -0.39 is 0 Å². The minimum atomic E-state index is 0.472. The minimum Gasteiger partial charge on any atom is -0.310 e. The third-order valence-electron chi connectivity index (χ3n) is 3.85. The third-order valence-corrected chi connectivity index (χ3v) is 4.75. The molecule has 1 N–H and O–H groups in total. The van der Waals surface area contributed by atoms with Crippen molar-refractivity contribution in [1.82, 2.24) is 5.32 Å². The molecule has 2 atom stereocenters. The Kier molecular flexibility index (Phi) is 5.13. The maximum atomic E-state index is 3.66. The van der Waals surface area contributed by atoms with Crippen LogP contribution >= 0.6 is 11.8 Å². The Labute approximate surface area is 116 Å². The van der Waals surface area contributed by atoms with Gasteiger partial charge in [0.05, 0.1) is 0 Å². The molecule has 0 fully saturated rings. The first-order chi connectivity index (χ1) is 8.70. The molecule has 2 rings (SSSR count). The number of aryl methyl sites for hydroxylation is 2. The van der Waals surface area contributed by atoms with E-state index >= 15 is 0 Å². The van der Waals surface area contributed by atoms with Crippen LogP contribution in [0.15, 0.2) is 18.2 Å². The predicted molar refractivity (Wildman–Crippen MR) is 82.4 cm³/mol. The molecule has 1 aromatic carbocycles. The summed E-state index contributed by atoms with van der Waals surface area (Å²) >= 11 is 1.93. The molecule has 1 nitrogen and oxygen atoms in total. The van der Waals surface area contributed by atoms with Crippen LogP contribution in [0.3, 0.4) is 0 Å². The van der Waals surface area contributed by atoms with E-state index in [0.717, 1.165) is 12.5 Å². The number of hydrogen-bond acceptors (Lipinski definition) is 2. The van der Waals surface area contributed by atoms with E-state index in [4.69, 9.17) is 0 Å². The molecule has 2 heteroatoms. The van der Waals surface area contributed by atoms with Gasteiger partial charge in [0.2, 0.25) is 0 Å². The van der Waals surface area contributed by atoms with Crippen LogP contribution in [-0.2, 0) is 12.8 Å². The molecule has 0 aromatic heterocycles. The number of fused-ring (bicyclic) bond motifs is 1. The first-order valence-electron chi connectivity index (χ1n) is 7.04. The molecular weight excluding hydrogens is 238 g/mol. The van der Waals surface area contributed by atoms with Crippen molar-refractivity contribution in [2.24, 2.45) is 5.92 Å². The quantitative estimate of drug-likeness (QED) is 0.837. The first-order valence-corrected chi connectivity index (χ1v) is 8.44. The number of benzene rings is 1. The van der Waals surface area contributed by atoms with Crippen molar-refractivity contribution in [3.63, 3.8) is 0 Å². The van der Waals surface area contributed by atoms with E-state index in [1.807, 2.05) is 11.8 Å². The molecule has 0 bridgehead atoms. The van der Waals surface area contributed by atoms with E-state index in [0.29, 0.717) is 6.04 Å². The van der Waals surface area contributed by atoms with Gasteiger partial charge < -0.3 is 5.32 Å². The van der Waals surface area contributed by atoms with Crippen LogP contribution in [0.1, 0.15) is 43.0 Å². The van der Waals surface area contributed by atoms with Gasteiger partial charge in [-0.1, -0.05) is 25.1 Å². The monoisotopic (exact) mass is 263 g/mol. The van der Waals surface area contributed by atoms with Crippen LogP contribution in [0.25, 0.3) is 0 Å². The molecule has 2 unspecified atom stereocenters. The molecule has 0 spiro atoms. The van der Waals surface area contributed by atoms with Crippen LogP contribution in [-0.4, -0.2) is 18.6 Å². The second kappa shape index (κ2) is 6.63. The molecule has 100 valence electrons. The van der Waals surface area contributed by atoms with E-state index in [2.05, 4.69) is 43.6 Å². The number of thioether (sulfide) groups is 1. The zero-order valence-corrected chi connectivity index (χ0v) is 12.6. The Morgan fingerprint density at radius 3 is 2.78 bits per heavy atom. The van der Waals surface area contributed by atoms with Gasteiger partial charge in [-0.05, 0) is 67.3 Å². The highest BCUT2D eigenvalue weighted by atomic mass is 32.2. The molecule has 0 radical (unpaired) electrons. The maximum Gasteiger partial charge on any atom is 0.0292 e. The van der Waals surface area contributed by atoms with Gasteiger partial charge in [0, 0.05) is 6.04 Å². The summed E-state index contributed by atoms with van der Waals surface area (Å²) in [7, 11) is 0. The highest BCUT2D eigenvalue weighted by molar-refractivity contribution is 7.98. The normalized spacial score (nSPS) is 17.5. The highest BCUT2D eigenvalue weighted by Crippen LogP contribution is 2.25. The van der Waals surface area contributed by atoms with Gasteiger partial charge in [0.1, 0.15) is 0 Å². The fourth-order valence-electron chi connectivity index (χ4n) is 2.70. The summed E-state index contributed by atoms with van der Waals surface area (Å²) in [5.74, 6) is 1.99. The summed E-state index contributed by atoms with van der Waals surface area (Å²) in [6.45, 7) is 5.71. The van der Waals surface area contributed by atoms with E-state index in [-0.39, 0.29) is 0 Å². The Bertz CT molecular complexity index is 389. The molecule has 0 saturated carbocycles. The summed E-state index contributed by atoms with van der Waals surface area (Å²) in [6, 6.07) is 7.53. The van der Waals surface area contributed by atoms with E-state index in [1.54, 1.807) is 11.1 Å². The van der Waals surface area contributed by atoms with Gasteiger partial charge >= 0.3 is 0 Å². The zero-order chi connectivity index (χ0) is 13.0. The van der Waals surface area contributed by atoms with Crippen LogP contribution in [0, 0.1) is 5.92 Å². The molecule has 1 aliphatic carbocycles. The summed E-state index contributed by atoms with van der Waals surface area (Å²) in [5.41, 5.74) is 4.60. The van der Waals surface area contributed by atoms with Gasteiger partial charge in [-0.25, -0.2) is 0 Å². The fraction of sp³-hybridized carbons (Fsp3) is 0.625. The second-order valence-electron chi connectivity index (χ2n) is 5.57. The van der Waals surface area contributed by atoms with Crippen LogP contribution in [0.5, 0.6) is 0 Å². The SMILES string of the molecule is CSCC(C)CNC(C)c1ccc2c(c1)CCC2. The van der Waals surface area contributed by atoms with Gasteiger partial charge in [0.15, 0.2) is 0 Å². The Balaban J connectivity index is 1.90. The maximum absolute atomic E-state index is 3.66. The van der Waals surface area contributed by atoms with Crippen LogP contribution in [0.2, 0.25) is 0 Å². The lowest BCUT2D eigenvalue weighted by atomic mass is 10.0. The molecule has 0 aliphatic heterocycles. The van der Waals surface area contributed by atoms with Crippen LogP contribution < -0.4 is 5.32 Å². The smallest absolute Gasteiger partial charge is 0.0292 e. The number of nitrogens with one attached hydrogen (secondary N) is 1. The molecule has 1 aromatic rings. The van der Waals surface area contributed by atoms with Crippen LogP contribution in [0.4, 0.5) is 0 Å². The molecule has 1 aliphatic rings. The van der Waals surface area contributed by atoms with Crippen molar-refractivity contribution >= 4 is 11.8 Å². The van der Waals surface area contributed by atoms with Crippen molar-refractivity contribution in [1.29, 1.82) is 0 Å². The highest BCUT2D eigenvalue weighted by Gasteiger charge is 2.13. The van der Waals surface area contributed by atoms with Gasteiger partial charge in [-0.15, -0.1) is 0 Å². The lowest BCUT2D eigenvalue weighted by Gasteiger charge is -2.18. The molecule has 0 amide bonds. The lowest BCUT2D eigenvalue weighted by molar-refractivity contribution is 0.501. The average molecular weight is 263 g/mol. The molecule has 0 heterocycles. The summed E-state index contributed by atoms with van der Waals surface area (Å²) in [5, 5.41) is 3.66. The zero-order valence-electron chi connectivity index (χ0n) is 11.8. The largest absolute Gasteiger partial charge is 0.310 e. The van der Waals surface area contributed by atoms with Crippen molar-refractivity contribution in [3.05, 3.63) is 34.9 Å². The Morgan fingerprint density at radius 1 is 1.22 bits per heavy atom. The standard InChI is InChI=1S/C16H25NS/c1-12(11-18-3)10-17-13(2)15-8-7-14-5-4-6-16(14)9-15/h7-9,12-13,17H,4-6,10-11H2,1-3H3. The summed E-state index contributed by atoms with van der Waals surface area (Å²) in [4.78, 5) is 0. The van der Waals surface area contributed by atoms with Crippen molar-refractivity contribution in [2.45, 2.75) is 39.2 Å². The third kappa shape index (κ3) is 3.52. The molecule has 18 heavy (non-hydrogen) atoms. The van der Waals surface area contributed by atoms with Crippen molar-refractivity contribution in [2.75, 3.05) is 18.6 Å². The van der Waals surface area contributed by atoms with Gasteiger partial charge in [-0.2, -0.15) is 11.8 Å². The molecule has 0 saturated heterocycles. The van der Waals surface area contributed by atoms with E-state index in [1.165, 1.54) is 30.6 Å². The second-order valence-corrected chi connectivity index (χ2v) is 6.48. The van der Waals surface area contributed by atoms with E-state index in [9.17, 15) is 0 Å². The minimum absolute atomic E-state index is 0.472. The lowest BCUT2D eigenvalue weighted by Crippen LogP contribution is -2.25. The average Bonchev–Trinajstić information content (AvgIpc) is 2.83. The Morgan fingerprint density at radius 2 is 2.00 bits per heavy atom. The fourth-order valence-corrected chi connectivity index (χ4v) is 3.39. The Hall–Kier alpha value is -0.470. The molecular formula is C16H25NS. The summed E-state index contributed by atoms with van der Waals surface area (Å²) in [6.07, 6.45) is 6.08. The first kappa shape index (κ1) is 14.0. The topological polar surface area (TPSA) is 12.0 Å². The number of rotatable bonds is 6.